The normalized spacial score (nSPS) is 17.3. The van der Waals surface area contributed by atoms with Crippen molar-refractivity contribution in [2.75, 3.05) is 13.6 Å². The fourth-order valence-electron chi connectivity index (χ4n) is 2.96. The summed E-state index contributed by atoms with van der Waals surface area (Å²) in [4.78, 5) is 6.77. The van der Waals surface area contributed by atoms with Gasteiger partial charge in [0.05, 0.1) is 5.69 Å². The predicted octanol–water partition coefficient (Wildman–Crippen LogP) is 2.55. The predicted molar refractivity (Wildman–Crippen MR) is 75.0 cm³/mol. The highest BCUT2D eigenvalue weighted by atomic mass is 15.1. The van der Waals surface area contributed by atoms with Crippen LogP contribution in [0.4, 0.5) is 0 Å². The van der Waals surface area contributed by atoms with E-state index < -0.39 is 0 Å². The molecule has 0 atom stereocenters. The first-order chi connectivity index (χ1) is 8.79. The Kier molecular flexibility index (Phi) is 5.14. The second-order valence-corrected chi connectivity index (χ2v) is 5.51. The van der Waals surface area contributed by atoms with Gasteiger partial charge in [0, 0.05) is 25.8 Å². The number of aromatic nitrogens is 1. The zero-order chi connectivity index (χ0) is 12.8. The summed E-state index contributed by atoms with van der Waals surface area (Å²) in [6.45, 7) is 2.71. The van der Waals surface area contributed by atoms with Crippen LogP contribution in [0, 0.1) is 5.92 Å². The molecular weight excluding hydrogens is 222 g/mol. The van der Waals surface area contributed by atoms with Crippen LogP contribution in [0.1, 0.15) is 43.4 Å². The lowest BCUT2D eigenvalue weighted by Crippen LogP contribution is -2.27. The zero-order valence-electron chi connectivity index (χ0n) is 11.4. The number of nitrogens with two attached hydrogens (primary N) is 1. The standard InChI is InChI=1S/C15H25N3/c1-18(11-13-6-3-2-4-7-13)12-14-8-5-9-17-15(14)10-16/h5,8-9,13H,2-4,6-7,10-12,16H2,1H3. The van der Waals surface area contributed by atoms with Gasteiger partial charge >= 0.3 is 0 Å². The van der Waals surface area contributed by atoms with E-state index in [4.69, 9.17) is 5.73 Å². The Morgan fingerprint density at radius 1 is 1.33 bits per heavy atom. The van der Waals surface area contributed by atoms with Crippen LogP contribution in [0.3, 0.4) is 0 Å². The number of hydrogen-bond acceptors (Lipinski definition) is 3. The van der Waals surface area contributed by atoms with Gasteiger partial charge in [0.25, 0.3) is 0 Å². The van der Waals surface area contributed by atoms with Gasteiger partial charge in [0.2, 0.25) is 0 Å². The van der Waals surface area contributed by atoms with Crippen molar-refractivity contribution in [3.8, 4) is 0 Å². The van der Waals surface area contributed by atoms with Gasteiger partial charge < -0.3 is 10.6 Å². The van der Waals surface area contributed by atoms with Gasteiger partial charge in [-0.15, -0.1) is 0 Å². The molecule has 0 bridgehead atoms. The first-order valence-corrected chi connectivity index (χ1v) is 7.11. The minimum atomic E-state index is 0.535. The minimum Gasteiger partial charge on any atom is -0.325 e. The zero-order valence-corrected chi connectivity index (χ0v) is 11.4. The summed E-state index contributed by atoms with van der Waals surface area (Å²) >= 11 is 0. The molecule has 100 valence electrons. The van der Waals surface area contributed by atoms with Crippen LogP contribution >= 0.6 is 0 Å². The summed E-state index contributed by atoms with van der Waals surface area (Å²) in [7, 11) is 2.21. The van der Waals surface area contributed by atoms with E-state index in [1.54, 1.807) is 0 Å². The highest BCUT2D eigenvalue weighted by Gasteiger charge is 2.15. The Morgan fingerprint density at radius 2 is 2.11 bits per heavy atom. The molecule has 0 unspecified atom stereocenters. The molecule has 3 heteroatoms. The molecule has 1 saturated carbocycles. The van der Waals surface area contributed by atoms with Crippen LogP contribution in [-0.2, 0) is 13.1 Å². The molecule has 2 rings (SSSR count). The van der Waals surface area contributed by atoms with E-state index in [1.807, 2.05) is 12.3 Å². The first-order valence-electron chi connectivity index (χ1n) is 7.11. The topological polar surface area (TPSA) is 42.2 Å². The average molecular weight is 247 g/mol. The smallest absolute Gasteiger partial charge is 0.0584 e. The average Bonchev–Trinajstić information content (AvgIpc) is 2.40. The van der Waals surface area contributed by atoms with Crippen molar-refractivity contribution in [2.24, 2.45) is 11.7 Å². The molecule has 3 nitrogen and oxygen atoms in total. The fraction of sp³-hybridized carbons (Fsp3) is 0.667. The Balaban J connectivity index is 1.87. The van der Waals surface area contributed by atoms with E-state index in [1.165, 1.54) is 44.2 Å². The summed E-state index contributed by atoms with van der Waals surface area (Å²) in [5.41, 5.74) is 8.04. The van der Waals surface area contributed by atoms with E-state index in [2.05, 4.69) is 23.0 Å². The van der Waals surface area contributed by atoms with E-state index >= 15 is 0 Å². The Labute approximate surface area is 110 Å². The highest BCUT2D eigenvalue weighted by Crippen LogP contribution is 2.24. The summed E-state index contributed by atoms with van der Waals surface area (Å²) in [5.74, 6) is 0.891. The molecule has 1 aromatic rings. The molecule has 0 amide bonds. The van der Waals surface area contributed by atoms with Crippen molar-refractivity contribution in [1.29, 1.82) is 0 Å². The van der Waals surface area contributed by atoms with Crippen LogP contribution in [0.15, 0.2) is 18.3 Å². The Bertz CT molecular complexity index is 359. The third kappa shape index (κ3) is 3.79. The SMILES string of the molecule is CN(Cc1cccnc1CN)CC1CCCCC1. The quantitative estimate of drug-likeness (QED) is 0.869. The van der Waals surface area contributed by atoms with Gasteiger partial charge in [-0.25, -0.2) is 0 Å². The molecular formula is C15H25N3. The van der Waals surface area contributed by atoms with Crippen molar-refractivity contribution in [1.82, 2.24) is 9.88 Å². The molecule has 0 saturated heterocycles. The van der Waals surface area contributed by atoms with Crippen molar-refractivity contribution >= 4 is 0 Å². The molecule has 1 aromatic heterocycles. The summed E-state index contributed by atoms with van der Waals surface area (Å²) in [6, 6.07) is 4.15. The van der Waals surface area contributed by atoms with Crippen LogP contribution in [0.25, 0.3) is 0 Å². The molecule has 0 aromatic carbocycles. The lowest BCUT2D eigenvalue weighted by molar-refractivity contribution is 0.227. The van der Waals surface area contributed by atoms with Crippen LogP contribution in [-0.4, -0.2) is 23.5 Å². The summed E-state index contributed by atoms with van der Waals surface area (Å²) in [5, 5.41) is 0. The van der Waals surface area contributed by atoms with Crippen molar-refractivity contribution in [3.63, 3.8) is 0 Å². The maximum atomic E-state index is 5.73. The van der Waals surface area contributed by atoms with Gasteiger partial charge in [0.1, 0.15) is 0 Å². The highest BCUT2D eigenvalue weighted by molar-refractivity contribution is 5.19. The van der Waals surface area contributed by atoms with E-state index in [-0.39, 0.29) is 0 Å². The van der Waals surface area contributed by atoms with E-state index in [0.29, 0.717) is 6.54 Å². The number of nitrogens with zero attached hydrogens (tertiary/aromatic N) is 2. The molecule has 0 radical (unpaired) electrons. The van der Waals surface area contributed by atoms with Crippen LogP contribution in [0.2, 0.25) is 0 Å². The maximum absolute atomic E-state index is 5.73. The van der Waals surface area contributed by atoms with Crippen molar-refractivity contribution in [2.45, 2.75) is 45.2 Å². The summed E-state index contributed by atoms with van der Waals surface area (Å²) in [6.07, 6.45) is 8.90. The van der Waals surface area contributed by atoms with Gasteiger partial charge in [0.15, 0.2) is 0 Å². The van der Waals surface area contributed by atoms with Gasteiger partial charge in [-0.3, -0.25) is 4.98 Å². The largest absolute Gasteiger partial charge is 0.325 e. The molecule has 1 aliphatic carbocycles. The number of pyridine rings is 1. The molecule has 1 heterocycles. The van der Waals surface area contributed by atoms with Crippen LogP contribution in [0.5, 0.6) is 0 Å². The summed E-state index contributed by atoms with van der Waals surface area (Å²) < 4.78 is 0. The second kappa shape index (κ2) is 6.86. The van der Waals surface area contributed by atoms with Crippen molar-refractivity contribution < 1.29 is 0 Å². The molecule has 1 aliphatic rings. The van der Waals surface area contributed by atoms with Crippen LogP contribution < -0.4 is 5.73 Å². The minimum absolute atomic E-state index is 0.535. The van der Waals surface area contributed by atoms with E-state index in [9.17, 15) is 0 Å². The molecule has 2 N–H and O–H groups in total. The lowest BCUT2D eigenvalue weighted by Gasteiger charge is -2.27. The van der Waals surface area contributed by atoms with Gasteiger partial charge in [-0.1, -0.05) is 25.3 Å². The van der Waals surface area contributed by atoms with E-state index in [0.717, 1.165) is 18.2 Å². The Morgan fingerprint density at radius 3 is 2.83 bits per heavy atom. The van der Waals surface area contributed by atoms with Gasteiger partial charge in [-0.2, -0.15) is 0 Å². The van der Waals surface area contributed by atoms with Gasteiger partial charge in [-0.05, 0) is 37.4 Å². The molecule has 0 spiro atoms. The molecule has 0 aliphatic heterocycles. The third-order valence-corrected chi connectivity index (χ3v) is 3.91. The second-order valence-electron chi connectivity index (χ2n) is 5.51. The molecule has 18 heavy (non-hydrogen) atoms. The monoisotopic (exact) mass is 247 g/mol. The Hall–Kier alpha value is -0.930. The maximum Gasteiger partial charge on any atom is 0.0584 e. The first kappa shape index (κ1) is 13.5. The number of rotatable bonds is 5. The lowest BCUT2D eigenvalue weighted by atomic mass is 9.89. The number of hydrogen-bond donors (Lipinski definition) is 1. The molecule has 1 fully saturated rings. The fourth-order valence-corrected chi connectivity index (χ4v) is 2.96. The van der Waals surface area contributed by atoms with Crippen molar-refractivity contribution in [3.05, 3.63) is 29.6 Å². The third-order valence-electron chi connectivity index (χ3n) is 3.91.